The molecule has 2 aliphatic heterocycles. The molecule has 2 amide bonds. The van der Waals surface area contributed by atoms with Crippen molar-refractivity contribution in [3.05, 3.63) is 60.2 Å². The summed E-state index contributed by atoms with van der Waals surface area (Å²) in [6.07, 6.45) is -1.02. The number of nitrogens with zero attached hydrogens (tertiary/aromatic N) is 2. The highest BCUT2D eigenvalue weighted by molar-refractivity contribution is 7.89. The third kappa shape index (κ3) is 4.09. The number of hydrogen-bond donors (Lipinski definition) is 1. The van der Waals surface area contributed by atoms with Gasteiger partial charge in [-0.05, 0) is 36.4 Å². The predicted molar refractivity (Wildman–Crippen MR) is 101 cm³/mol. The first-order valence-electron chi connectivity index (χ1n) is 9.04. The number of sulfonamides is 1. The fourth-order valence-corrected chi connectivity index (χ4v) is 5.03. The Morgan fingerprint density at radius 1 is 0.966 bits per heavy atom. The second-order valence-corrected chi connectivity index (χ2v) is 8.91. The number of morpholine rings is 2. The van der Waals surface area contributed by atoms with Gasteiger partial charge in [-0.25, -0.2) is 22.0 Å². The molecular formula is C19H19F2N3O4S. The summed E-state index contributed by atoms with van der Waals surface area (Å²) in [5, 5.41) is 2.53. The zero-order valence-electron chi connectivity index (χ0n) is 15.3. The van der Waals surface area contributed by atoms with E-state index in [0.29, 0.717) is 0 Å². The van der Waals surface area contributed by atoms with Gasteiger partial charge in [0.1, 0.15) is 11.6 Å². The molecule has 10 heteroatoms. The van der Waals surface area contributed by atoms with Crippen LogP contribution in [0.1, 0.15) is 0 Å². The molecule has 2 atom stereocenters. The lowest BCUT2D eigenvalue weighted by Crippen LogP contribution is -2.61. The van der Waals surface area contributed by atoms with E-state index >= 15 is 0 Å². The van der Waals surface area contributed by atoms with Crippen LogP contribution in [0.3, 0.4) is 0 Å². The summed E-state index contributed by atoms with van der Waals surface area (Å²) in [5.41, 5.74) is 0.0784. The zero-order valence-corrected chi connectivity index (χ0v) is 16.1. The van der Waals surface area contributed by atoms with Gasteiger partial charge >= 0.3 is 6.03 Å². The minimum absolute atomic E-state index is 0.00743. The summed E-state index contributed by atoms with van der Waals surface area (Å²) in [7, 11) is -3.79. The number of rotatable bonds is 3. The van der Waals surface area contributed by atoms with Crippen LogP contribution in [0.5, 0.6) is 0 Å². The highest BCUT2D eigenvalue weighted by atomic mass is 32.2. The standard InChI is InChI=1S/C19H19F2N3O4S/c20-13-5-7-16(8-6-13)29(26,27)24-11-14-9-23(10-15(12-24)28-14)19(25)22-18-4-2-1-3-17(18)21/h1-8,14-15H,9-12H2,(H,22,25). The van der Waals surface area contributed by atoms with Crippen molar-refractivity contribution in [1.82, 2.24) is 9.21 Å². The molecule has 2 bridgehead atoms. The topological polar surface area (TPSA) is 79.0 Å². The van der Waals surface area contributed by atoms with E-state index in [0.717, 1.165) is 12.1 Å². The lowest BCUT2D eigenvalue weighted by molar-refractivity contribution is -0.110. The molecule has 2 saturated heterocycles. The molecule has 2 heterocycles. The fourth-order valence-electron chi connectivity index (χ4n) is 3.53. The van der Waals surface area contributed by atoms with Gasteiger partial charge in [-0.1, -0.05) is 12.1 Å². The molecule has 0 aliphatic carbocycles. The fraction of sp³-hybridized carbons (Fsp3) is 0.316. The van der Waals surface area contributed by atoms with Crippen molar-refractivity contribution in [3.8, 4) is 0 Å². The Kier molecular flexibility index (Phi) is 5.24. The molecule has 0 spiro atoms. The molecule has 0 radical (unpaired) electrons. The lowest BCUT2D eigenvalue weighted by atomic mass is 10.1. The summed E-state index contributed by atoms with van der Waals surface area (Å²) < 4.78 is 59.6. The van der Waals surface area contributed by atoms with E-state index in [9.17, 15) is 22.0 Å². The largest absolute Gasteiger partial charge is 0.369 e. The summed E-state index contributed by atoms with van der Waals surface area (Å²) in [5.74, 6) is -1.05. The monoisotopic (exact) mass is 423 g/mol. The molecule has 4 rings (SSSR count). The number of amides is 2. The average molecular weight is 423 g/mol. The zero-order chi connectivity index (χ0) is 20.6. The second kappa shape index (κ2) is 7.69. The van der Waals surface area contributed by atoms with Crippen molar-refractivity contribution < 1.29 is 26.7 Å². The van der Waals surface area contributed by atoms with E-state index in [-0.39, 0.29) is 36.8 Å². The second-order valence-electron chi connectivity index (χ2n) is 6.97. The van der Waals surface area contributed by atoms with Gasteiger partial charge in [-0.2, -0.15) is 4.31 Å². The van der Waals surface area contributed by atoms with Crippen LogP contribution in [0.15, 0.2) is 53.4 Å². The van der Waals surface area contributed by atoms with Crippen molar-refractivity contribution >= 4 is 21.7 Å². The predicted octanol–water partition coefficient (Wildman–Crippen LogP) is 2.27. The molecule has 29 heavy (non-hydrogen) atoms. The number of carbonyl (C=O) groups is 1. The number of benzene rings is 2. The number of halogens is 2. The van der Waals surface area contributed by atoms with Crippen LogP contribution in [0, 0.1) is 11.6 Å². The highest BCUT2D eigenvalue weighted by Gasteiger charge is 2.41. The first-order valence-corrected chi connectivity index (χ1v) is 10.5. The molecule has 2 fully saturated rings. The summed E-state index contributed by atoms with van der Waals surface area (Å²) >= 11 is 0. The number of hydrogen-bond acceptors (Lipinski definition) is 4. The molecule has 1 N–H and O–H groups in total. The minimum Gasteiger partial charge on any atom is -0.369 e. The normalized spacial score (nSPS) is 22.3. The molecule has 2 aliphatic rings. The Hall–Kier alpha value is -2.56. The molecule has 2 unspecified atom stereocenters. The highest BCUT2D eigenvalue weighted by Crippen LogP contribution is 2.25. The van der Waals surface area contributed by atoms with Gasteiger partial charge in [-0.15, -0.1) is 0 Å². The van der Waals surface area contributed by atoms with E-state index in [1.165, 1.54) is 39.5 Å². The number of para-hydroxylation sites is 1. The van der Waals surface area contributed by atoms with Crippen LogP contribution in [0.25, 0.3) is 0 Å². The van der Waals surface area contributed by atoms with E-state index in [2.05, 4.69) is 5.32 Å². The van der Waals surface area contributed by atoms with Gasteiger partial charge in [-0.3, -0.25) is 0 Å². The van der Waals surface area contributed by atoms with E-state index in [4.69, 9.17) is 4.74 Å². The maximum atomic E-state index is 13.8. The number of ether oxygens (including phenoxy) is 1. The van der Waals surface area contributed by atoms with Crippen LogP contribution < -0.4 is 5.32 Å². The number of fused-ring (bicyclic) bond motifs is 2. The molecule has 7 nitrogen and oxygen atoms in total. The summed E-state index contributed by atoms with van der Waals surface area (Å²) in [4.78, 5) is 14.0. The molecule has 2 aromatic carbocycles. The van der Waals surface area contributed by atoms with Crippen molar-refractivity contribution in [1.29, 1.82) is 0 Å². The number of nitrogens with one attached hydrogen (secondary N) is 1. The summed E-state index contributed by atoms with van der Waals surface area (Å²) in [6.45, 7) is 0.484. The Morgan fingerprint density at radius 2 is 1.59 bits per heavy atom. The Balaban J connectivity index is 1.44. The van der Waals surface area contributed by atoms with Crippen molar-refractivity contribution in [2.75, 3.05) is 31.5 Å². The number of urea groups is 1. The average Bonchev–Trinajstić information content (AvgIpc) is 2.69. The van der Waals surface area contributed by atoms with Gasteiger partial charge in [0.15, 0.2) is 0 Å². The van der Waals surface area contributed by atoms with Crippen molar-refractivity contribution in [2.24, 2.45) is 0 Å². The van der Waals surface area contributed by atoms with E-state index in [1.54, 1.807) is 6.07 Å². The first kappa shape index (κ1) is 19.7. The maximum Gasteiger partial charge on any atom is 0.322 e. The quantitative estimate of drug-likeness (QED) is 0.822. The van der Waals surface area contributed by atoms with Crippen LogP contribution in [-0.4, -0.2) is 62.0 Å². The summed E-state index contributed by atoms with van der Waals surface area (Å²) in [6, 6.07) is 10.0. The number of anilines is 1. The van der Waals surface area contributed by atoms with Gasteiger partial charge in [0.25, 0.3) is 0 Å². The van der Waals surface area contributed by atoms with Gasteiger partial charge in [0, 0.05) is 13.1 Å². The first-order chi connectivity index (χ1) is 13.8. The lowest BCUT2D eigenvalue weighted by Gasteiger charge is -2.45. The van der Waals surface area contributed by atoms with Gasteiger partial charge in [0.2, 0.25) is 10.0 Å². The van der Waals surface area contributed by atoms with Crippen LogP contribution in [-0.2, 0) is 14.8 Å². The van der Waals surface area contributed by atoms with Crippen LogP contribution in [0.4, 0.5) is 19.3 Å². The third-order valence-corrected chi connectivity index (χ3v) is 6.75. The van der Waals surface area contributed by atoms with Crippen LogP contribution >= 0.6 is 0 Å². The van der Waals surface area contributed by atoms with Gasteiger partial charge in [0.05, 0.1) is 35.9 Å². The SMILES string of the molecule is O=C(Nc1ccccc1F)N1CC2CN(S(=O)(=O)c3ccc(F)cc3)CC(C1)O2. The van der Waals surface area contributed by atoms with Crippen molar-refractivity contribution in [2.45, 2.75) is 17.1 Å². The molecule has 154 valence electrons. The number of carbonyl (C=O) groups excluding carboxylic acids is 1. The van der Waals surface area contributed by atoms with Crippen LogP contribution in [0.2, 0.25) is 0 Å². The molecule has 0 saturated carbocycles. The molecular weight excluding hydrogens is 404 g/mol. The van der Waals surface area contributed by atoms with E-state index < -0.39 is 39.9 Å². The maximum absolute atomic E-state index is 13.8. The van der Waals surface area contributed by atoms with E-state index in [1.807, 2.05) is 0 Å². The Labute approximate surface area is 166 Å². The Bertz CT molecular complexity index is 1000. The molecule has 0 aromatic heterocycles. The van der Waals surface area contributed by atoms with Gasteiger partial charge < -0.3 is 15.0 Å². The Morgan fingerprint density at radius 3 is 2.21 bits per heavy atom. The molecule has 2 aromatic rings. The van der Waals surface area contributed by atoms with Crippen molar-refractivity contribution in [3.63, 3.8) is 0 Å². The smallest absolute Gasteiger partial charge is 0.322 e. The third-order valence-electron chi connectivity index (χ3n) is 4.90. The minimum atomic E-state index is -3.79.